The van der Waals surface area contributed by atoms with Crippen molar-refractivity contribution in [3.05, 3.63) is 65.0 Å². The zero-order chi connectivity index (χ0) is 15.6. The second kappa shape index (κ2) is 5.41. The maximum absolute atomic E-state index is 11.2. The smallest absolute Gasteiger partial charge is 0.266 e. The van der Waals surface area contributed by atoms with Gasteiger partial charge in [0.25, 0.3) is 5.56 Å². The lowest BCUT2D eigenvalue weighted by atomic mass is 10.3. The van der Waals surface area contributed by atoms with Crippen LogP contribution in [-0.2, 0) is 0 Å². The molecular formula is C15H12N6O2. The maximum atomic E-state index is 11.2. The SMILES string of the molecule is O=c1cc2ncc(/C=C\COc3cc4ncccn4n3)cn2[nH]1. The molecule has 0 bridgehead atoms. The van der Waals surface area contributed by atoms with Crippen LogP contribution in [0.25, 0.3) is 17.4 Å². The summed E-state index contributed by atoms with van der Waals surface area (Å²) in [5.74, 6) is 0.511. The minimum absolute atomic E-state index is 0.178. The summed E-state index contributed by atoms with van der Waals surface area (Å²) >= 11 is 0. The van der Waals surface area contributed by atoms with Crippen LogP contribution in [0.5, 0.6) is 5.88 Å². The topological polar surface area (TPSA) is 89.6 Å². The van der Waals surface area contributed by atoms with Crippen molar-refractivity contribution in [2.45, 2.75) is 0 Å². The van der Waals surface area contributed by atoms with E-state index in [9.17, 15) is 4.79 Å². The second-order valence-electron chi connectivity index (χ2n) is 4.85. The second-order valence-corrected chi connectivity index (χ2v) is 4.85. The Morgan fingerprint density at radius 1 is 1.26 bits per heavy atom. The molecule has 8 heteroatoms. The van der Waals surface area contributed by atoms with E-state index in [1.807, 2.05) is 18.3 Å². The number of ether oxygens (including phenoxy) is 1. The number of nitrogens with one attached hydrogen (secondary N) is 1. The van der Waals surface area contributed by atoms with Crippen molar-refractivity contribution in [3.63, 3.8) is 0 Å². The predicted octanol–water partition coefficient (Wildman–Crippen LogP) is 1.16. The summed E-state index contributed by atoms with van der Waals surface area (Å²) in [6.45, 7) is 0.365. The molecule has 23 heavy (non-hydrogen) atoms. The Hall–Kier alpha value is -3.42. The van der Waals surface area contributed by atoms with Gasteiger partial charge in [0.05, 0.1) is 0 Å². The lowest BCUT2D eigenvalue weighted by Gasteiger charge is -1.98. The van der Waals surface area contributed by atoms with Crippen molar-refractivity contribution in [1.29, 1.82) is 0 Å². The Bertz CT molecular complexity index is 1030. The average Bonchev–Trinajstić information content (AvgIpc) is 3.12. The number of H-pyrrole nitrogens is 1. The molecule has 4 heterocycles. The van der Waals surface area contributed by atoms with Crippen molar-refractivity contribution in [1.82, 2.24) is 29.2 Å². The fraction of sp³-hybridized carbons (Fsp3) is 0.0667. The molecule has 114 valence electrons. The van der Waals surface area contributed by atoms with Crippen molar-refractivity contribution < 1.29 is 4.74 Å². The van der Waals surface area contributed by atoms with Gasteiger partial charge in [-0.25, -0.2) is 19.0 Å². The molecule has 1 N–H and O–H groups in total. The Morgan fingerprint density at radius 2 is 2.22 bits per heavy atom. The van der Waals surface area contributed by atoms with Gasteiger partial charge < -0.3 is 4.74 Å². The van der Waals surface area contributed by atoms with E-state index in [0.717, 1.165) is 11.2 Å². The van der Waals surface area contributed by atoms with Gasteiger partial charge in [0, 0.05) is 42.5 Å². The van der Waals surface area contributed by atoms with E-state index in [1.54, 1.807) is 39.8 Å². The average molecular weight is 308 g/mol. The van der Waals surface area contributed by atoms with Crippen LogP contribution in [-0.4, -0.2) is 35.8 Å². The number of rotatable bonds is 4. The monoisotopic (exact) mass is 308 g/mol. The summed E-state index contributed by atoms with van der Waals surface area (Å²) < 4.78 is 8.79. The van der Waals surface area contributed by atoms with Gasteiger partial charge in [0.15, 0.2) is 11.3 Å². The molecule has 0 radical (unpaired) electrons. The van der Waals surface area contributed by atoms with Gasteiger partial charge in [-0.3, -0.25) is 9.89 Å². The largest absolute Gasteiger partial charge is 0.472 e. The zero-order valence-electron chi connectivity index (χ0n) is 12.0. The lowest BCUT2D eigenvalue weighted by Crippen LogP contribution is -1.98. The first kappa shape index (κ1) is 13.3. The summed E-state index contributed by atoms with van der Waals surface area (Å²) in [7, 11) is 0. The summed E-state index contributed by atoms with van der Waals surface area (Å²) in [6.07, 6.45) is 10.7. The first-order chi connectivity index (χ1) is 11.3. The molecule has 0 amide bonds. The molecule has 0 spiro atoms. The third-order valence-corrected chi connectivity index (χ3v) is 3.21. The van der Waals surface area contributed by atoms with E-state index in [0.29, 0.717) is 18.1 Å². The summed E-state index contributed by atoms with van der Waals surface area (Å²) in [4.78, 5) is 19.6. The lowest BCUT2D eigenvalue weighted by molar-refractivity contribution is 0.347. The molecule has 0 aliphatic heterocycles. The van der Waals surface area contributed by atoms with Gasteiger partial charge in [-0.05, 0) is 12.1 Å². The molecule has 0 aliphatic rings. The van der Waals surface area contributed by atoms with Gasteiger partial charge in [-0.15, -0.1) is 5.10 Å². The number of aromatic nitrogens is 6. The highest BCUT2D eigenvalue weighted by atomic mass is 16.5. The highest BCUT2D eigenvalue weighted by Gasteiger charge is 2.01. The quantitative estimate of drug-likeness (QED) is 0.611. The van der Waals surface area contributed by atoms with E-state index in [4.69, 9.17) is 4.74 Å². The highest BCUT2D eigenvalue weighted by Crippen LogP contribution is 2.10. The molecule has 4 aromatic heterocycles. The molecule has 4 rings (SSSR count). The molecule has 0 aromatic carbocycles. The molecule has 8 nitrogen and oxygen atoms in total. The number of hydrogen-bond acceptors (Lipinski definition) is 5. The van der Waals surface area contributed by atoms with Crippen LogP contribution in [0.1, 0.15) is 5.56 Å². The number of hydrogen-bond donors (Lipinski definition) is 1. The van der Waals surface area contributed by atoms with Crippen LogP contribution in [0.15, 0.2) is 53.9 Å². The molecule has 0 saturated heterocycles. The van der Waals surface area contributed by atoms with E-state index < -0.39 is 0 Å². The number of nitrogens with zero attached hydrogens (tertiary/aromatic N) is 5. The summed E-state index contributed by atoms with van der Waals surface area (Å²) in [5, 5.41) is 6.89. The summed E-state index contributed by atoms with van der Waals surface area (Å²) in [6, 6.07) is 5.01. The van der Waals surface area contributed by atoms with Gasteiger partial charge in [0.1, 0.15) is 6.61 Å². The Balaban J connectivity index is 1.44. The van der Waals surface area contributed by atoms with Gasteiger partial charge in [-0.1, -0.05) is 6.08 Å². The summed E-state index contributed by atoms with van der Waals surface area (Å²) in [5.41, 5.74) is 1.99. The molecular weight excluding hydrogens is 296 g/mol. The maximum Gasteiger partial charge on any atom is 0.266 e. The molecule has 0 fully saturated rings. The van der Waals surface area contributed by atoms with Gasteiger partial charge in [-0.2, -0.15) is 0 Å². The molecule has 4 aromatic rings. The fourth-order valence-electron chi connectivity index (χ4n) is 2.20. The van der Waals surface area contributed by atoms with Crippen LogP contribution < -0.4 is 10.3 Å². The number of aromatic amines is 1. The standard InChI is InChI=1S/C15H12N6O2/c22-14-7-12-17-9-11(10-21(12)18-14)3-1-6-23-15-8-13-16-4-2-5-20(13)19-15/h1-5,7-10H,6H2,(H,18,22)/b3-1-. The van der Waals surface area contributed by atoms with Crippen molar-refractivity contribution in [2.75, 3.05) is 6.61 Å². The first-order valence-corrected chi connectivity index (χ1v) is 6.95. The molecule has 0 unspecified atom stereocenters. The fourth-order valence-corrected chi connectivity index (χ4v) is 2.20. The first-order valence-electron chi connectivity index (χ1n) is 6.95. The zero-order valence-corrected chi connectivity index (χ0v) is 12.0. The van der Waals surface area contributed by atoms with Gasteiger partial charge >= 0.3 is 0 Å². The van der Waals surface area contributed by atoms with E-state index in [-0.39, 0.29) is 5.56 Å². The van der Waals surface area contributed by atoms with Crippen molar-refractivity contribution >= 4 is 17.4 Å². The van der Waals surface area contributed by atoms with Crippen LogP contribution in [0.3, 0.4) is 0 Å². The Labute approximate surface area is 129 Å². The van der Waals surface area contributed by atoms with Crippen LogP contribution in [0.2, 0.25) is 0 Å². The van der Waals surface area contributed by atoms with E-state index in [2.05, 4.69) is 20.2 Å². The normalized spacial score (nSPS) is 11.7. The third kappa shape index (κ3) is 2.69. The van der Waals surface area contributed by atoms with Crippen molar-refractivity contribution in [2.24, 2.45) is 0 Å². The Kier molecular flexibility index (Phi) is 3.12. The number of fused-ring (bicyclic) bond motifs is 2. The van der Waals surface area contributed by atoms with Crippen LogP contribution in [0, 0.1) is 0 Å². The minimum atomic E-state index is -0.178. The molecule has 0 atom stereocenters. The van der Waals surface area contributed by atoms with Crippen LogP contribution in [0.4, 0.5) is 0 Å². The molecule has 0 aliphatic carbocycles. The van der Waals surface area contributed by atoms with Crippen molar-refractivity contribution in [3.8, 4) is 5.88 Å². The van der Waals surface area contributed by atoms with E-state index >= 15 is 0 Å². The third-order valence-electron chi connectivity index (χ3n) is 3.21. The predicted molar refractivity (Wildman–Crippen MR) is 83.3 cm³/mol. The minimum Gasteiger partial charge on any atom is -0.472 e. The van der Waals surface area contributed by atoms with Gasteiger partial charge in [0.2, 0.25) is 5.88 Å². The molecule has 0 saturated carbocycles. The van der Waals surface area contributed by atoms with Crippen LogP contribution >= 0.6 is 0 Å². The van der Waals surface area contributed by atoms with E-state index in [1.165, 1.54) is 6.07 Å². The highest BCUT2D eigenvalue weighted by molar-refractivity contribution is 5.49. The Morgan fingerprint density at radius 3 is 3.13 bits per heavy atom.